The van der Waals surface area contributed by atoms with Crippen LogP contribution >= 0.6 is 0 Å². The summed E-state index contributed by atoms with van der Waals surface area (Å²) in [5.41, 5.74) is 0. The molecule has 0 aliphatic carbocycles. The van der Waals surface area contributed by atoms with Crippen molar-refractivity contribution in [2.24, 2.45) is 0 Å². The number of nitrogens with zero attached hydrogens (tertiary/aromatic N) is 1. The molecule has 0 rings (SSSR count). The molecule has 0 aliphatic rings. The van der Waals surface area contributed by atoms with Crippen LogP contribution in [0.2, 0.25) is 0 Å². The van der Waals surface area contributed by atoms with E-state index in [2.05, 4.69) is 10.4 Å². The van der Waals surface area contributed by atoms with Crippen molar-refractivity contribution in [1.82, 2.24) is 4.57 Å². The van der Waals surface area contributed by atoms with Gasteiger partial charge in [-0.25, -0.2) is 0 Å². The molecule has 0 N–H and O–H groups in total. The van der Waals surface area contributed by atoms with Crippen LogP contribution in [0.3, 0.4) is 0 Å². The van der Waals surface area contributed by atoms with Crippen molar-refractivity contribution in [3.05, 3.63) is 0 Å². The summed E-state index contributed by atoms with van der Waals surface area (Å²) in [5.74, 6) is 0. The summed E-state index contributed by atoms with van der Waals surface area (Å²) in [4.78, 5) is 0. The third kappa shape index (κ3) is 164. The summed E-state index contributed by atoms with van der Waals surface area (Å²) >= 11 is 0. The Morgan fingerprint density at radius 3 is 1.00 bits per heavy atom. The Morgan fingerprint density at radius 2 is 1.00 bits per heavy atom. The molecule has 5 heteroatoms. The fourth-order valence-electron chi connectivity index (χ4n) is 0. The first-order valence-electron chi connectivity index (χ1n) is 1.12. The monoisotopic (exact) mass is 177 g/mol. The lowest BCUT2D eigenvalue weighted by Gasteiger charge is -1.89. The van der Waals surface area contributed by atoms with Gasteiger partial charge in [0, 0.05) is 0 Å². The van der Waals surface area contributed by atoms with Crippen LogP contribution in [0.15, 0.2) is 0 Å². The highest BCUT2D eigenvalue weighted by atomic mass is 35.5. The van der Waals surface area contributed by atoms with Crippen molar-refractivity contribution in [3.63, 3.8) is 0 Å². The maximum absolute atomic E-state index is 3.15. The highest BCUT2D eigenvalue weighted by Crippen LogP contribution is 1.44. The molecule has 0 saturated carbocycles. The van der Waals surface area contributed by atoms with Gasteiger partial charge in [0.2, 0.25) is 0 Å². The Labute approximate surface area is 66.6 Å². The molecule has 0 saturated heterocycles. The van der Waals surface area contributed by atoms with Crippen molar-refractivity contribution in [1.29, 1.82) is 0 Å². The molecule has 0 aromatic carbocycles. The van der Waals surface area contributed by atoms with Crippen molar-refractivity contribution in [2.75, 3.05) is 14.1 Å². The molecule has 0 bridgehead atoms. The first-order valence-corrected chi connectivity index (χ1v) is 1.57. The van der Waals surface area contributed by atoms with Crippen LogP contribution in [0.1, 0.15) is 0 Å². The van der Waals surface area contributed by atoms with E-state index in [9.17, 15) is 0 Å². The number of hydrogen-bond acceptors (Lipinski definition) is 1. The van der Waals surface area contributed by atoms with Gasteiger partial charge >= 0.3 is 0 Å². The van der Waals surface area contributed by atoms with Crippen LogP contribution in [0, 0.1) is 0 Å². The minimum Gasteiger partial charge on any atom is -1.00 e. The van der Waals surface area contributed by atoms with Crippen molar-refractivity contribution < 1.29 is 37.2 Å². The maximum Gasteiger partial charge on any atom is 0.143 e. The summed E-state index contributed by atoms with van der Waals surface area (Å²) in [7, 11) is 6.97. The van der Waals surface area contributed by atoms with Crippen molar-refractivity contribution in [3.8, 4) is 0 Å². The number of rotatable bonds is 0. The third-order valence-electron chi connectivity index (χ3n) is 0. The molecule has 0 amide bonds. The average Bonchev–Trinajstić information content (AvgIpc) is 0.811. The zero-order chi connectivity index (χ0) is 3.58. The number of halogens is 3. The Balaban J connectivity index is -0.0000000150. The van der Waals surface area contributed by atoms with Crippen molar-refractivity contribution in [2.45, 2.75) is 0 Å². The lowest BCUT2D eigenvalue weighted by atomic mass is 11.3. The van der Waals surface area contributed by atoms with Crippen LogP contribution in [-0.2, 0) is 0 Å². The molecule has 0 atom stereocenters. The lowest BCUT2D eigenvalue weighted by molar-refractivity contribution is -0.00100. The predicted octanol–water partition coefficient (Wildman–Crippen LogP) is -9.36. The fourth-order valence-corrected chi connectivity index (χ4v) is 0. The molecule has 0 aromatic rings. The molecule has 0 spiro atoms. The van der Waals surface area contributed by atoms with E-state index in [4.69, 9.17) is 0 Å². The Kier molecular flexibility index (Phi) is 54.8. The molecule has 0 aliphatic heterocycles. The molecule has 7 heavy (non-hydrogen) atoms. The van der Waals surface area contributed by atoms with E-state index in [0.717, 1.165) is 0 Å². The summed E-state index contributed by atoms with van der Waals surface area (Å²) in [6.45, 7) is 0. The normalized spacial score (nSPS) is 5.14. The van der Waals surface area contributed by atoms with Crippen LogP contribution < -0.4 is 37.2 Å². The summed E-state index contributed by atoms with van der Waals surface area (Å²) in [6, 6.07) is 0. The molecule has 47 valence electrons. The van der Waals surface area contributed by atoms with Crippen LogP contribution in [0.5, 0.6) is 0 Å². The summed E-state index contributed by atoms with van der Waals surface area (Å²) < 4.78 is 1.81. The van der Waals surface area contributed by atoms with Gasteiger partial charge in [-0.15, -0.1) is 0 Å². The average molecular weight is 179 g/mol. The molecular formula is C2H6Cl3NSi-3. The van der Waals surface area contributed by atoms with Gasteiger partial charge in [-0.3, -0.25) is 0 Å². The van der Waals surface area contributed by atoms with E-state index in [-0.39, 0.29) is 37.2 Å². The van der Waals surface area contributed by atoms with Gasteiger partial charge in [-0.05, 0) is 14.1 Å². The highest BCUT2D eigenvalue weighted by molar-refractivity contribution is 6.03. The van der Waals surface area contributed by atoms with Gasteiger partial charge < -0.3 is 41.8 Å². The summed E-state index contributed by atoms with van der Waals surface area (Å²) in [5, 5.41) is 0. The maximum atomic E-state index is 3.15. The van der Waals surface area contributed by atoms with E-state index in [1.54, 1.807) is 4.57 Å². The predicted molar refractivity (Wildman–Crippen MR) is 19.4 cm³/mol. The smallest absolute Gasteiger partial charge is 0.143 e. The van der Waals surface area contributed by atoms with E-state index in [1.165, 1.54) is 0 Å². The minimum atomic E-state index is 0. The van der Waals surface area contributed by atoms with E-state index >= 15 is 0 Å². The molecule has 0 heterocycles. The third-order valence-corrected chi connectivity index (χ3v) is 0. The first kappa shape index (κ1) is 24.4. The quantitative estimate of drug-likeness (QED) is 0.333. The largest absolute Gasteiger partial charge is 1.00 e. The topological polar surface area (TPSA) is 3.24 Å². The van der Waals surface area contributed by atoms with Gasteiger partial charge in [-0.2, -0.15) is 0 Å². The van der Waals surface area contributed by atoms with Crippen LogP contribution in [-0.4, -0.2) is 29.1 Å². The van der Waals surface area contributed by atoms with Crippen LogP contribution in [0.4, 0.5) is 0 Å². The molecular weight excluding hydrogens is 172 g/mol. The molecule has 0 aromatic heterocycles. The van der Waals surface area contributed by atoms with Crippen molar-refractivity contribution >= 4 is 10.4 Å². The second-order valence-electron chi connectivity index (χ2n) is 0.894. The van der Waals surface area contributed by atoms with E-state index < -0.39 is 0 Å². The van der Waals surface area contributed by atoms with E-state index in [1.807, 2.05) is 14.1 Å². The second kappa shape index (κ2) is 15.7. The van der Waals surface area contributed by atoms with Gasteiger partial charge in [-0.1, -0.05) is 0 Å². The van der Waals surface area contributed by atoms with Gasteiger partial charge in [0.15, 0.2) is 0 Å². The summed E-state index contributed by atoms with van der Waals surface area (Å²) in [6.07, 6.45) is 0. The van der Waals surface area contributed by atoms with E-state index in [0.29, 0.717) is 0 Å². The zero-order valence-electron chi connectivity index (χ0n) is 4.08. The molecule has 0 fully saturated rings. The lowest BCUT2D eigenvalue weighted by Crippen LogP contribution is -3.00. The fraction of sp³-hybridized carbons (Fsp3) is 1.00. The van der Waals surface area contributed by atoms with Crippen LogP contribution in [0.25, 0.3) is 0 Å². The van der Waals surface area contributed by atoms with Gasteiger partial charge in [0.05, 0.1) is 0 Å². The first-order chi connectivity index (χ1) is 1.73. The SMILES string of the molecule is CN(C)[Si].[Cl-].[Cl-].[Cl-]. The minimum absolute atomic E-state index is 0. The molecule has 1 nitrogen and oxygen atoms in total. The molecule has 3 radical (unpaired) electrons. The molecule has 0 unspecified atom stereocenters. The Hall–Kier alpha value is 1.05. The highest BCUT2D eigenvalue weighted by Gasteiger charge is 1.60. The van der Waals surface area contributed by atoms with Gasteiger partial charge in [0.25, 0.3) is 0 Å². The van der Waals surface area contributed by atoms with Gasteiger partial charge in [0.1, 0.15) is 10.4 Å². The standard InChI is InChI=1S/C2H6NSi.3ClH/c1-3(2)4;;;/h1-2H3;3*1H/p-3. The Morgan fingerprint density at radius 1 is 1.00 bits per heavy atom. The zero-order valence-corrected chi connectivity index (χ0v) is 7.35. The Bertz CT molecular complexity index is 17.7. The number of hydrogen-bond donors (Lipinski definition) is 0. The second-order valence-corrected chi connectivity index (χ2v) is 1.79.